The second kappa shape index (κ2) is 6.54. The number of carbonyl (C=O) groups is 1. The summed E-state index contributed by atoms with van der Waals surface area (Å²) in [5, 5.41) is 12.2. The van der Waals surface area contributed by atoms with Gasteiger partial charge in [-0.3, -0.25) is 4.79 Å². The van der Waals surface area contributed by atoms with Gasteiger partial charge in [-0.2, -0.15) is 4.57 Å². The Morgan fingerprint density at radius 2 is 1.95 bits per heavy atom. The third kappa shape index (κ3) is 4.43. The van der Waals surface area contributed by atoms with Gasteiger partial charge in [0.2, 0.25) is 12.7 Å². The highest BCUT2D eigenvalue weighted by atomic mass is 16.3. The maximum absolute atomic E-state index is 11.7. The molecule has 1 heterocycles. The van der Waals surface area contributed by atoms with Gasteiger partial charge >= 0.3 is 0 Å². The van der Waals surface area contributed by atoms with Crippen LogP contribution in [0.1, 0.15) is 5.56 Å². The van der Waals surface area contributed by atoms with Crippen molar-refractivity contribution in [3.05, 3.63) is 60.4 Å². The van der Waals surface area contributed by atoms with E-state index in [2.05, 4.69) is 5.32 Å². The van der Waals surface area contributed by atoms with Gasteiger partial charge in [0.05, 0.1) is 0 Å². The van der Waals surface area contributed by atoms with Crippen molar-refractivity contribution in [3.63, 3.8) is 0 Å². The number of rotatable bonds is 5. The highest BCUT2D eigenvalue weighted by Gasteiger charge is 2.08. The van der Waals surface area contributed by atoms with Crippen LogP contribution < -0.4 is 9.88 Å². The smallest absolute Gasteiger partial charge is 0.286 e. The zero-order chi connectivity index (χ0) is 13.5. The number of pyridine rings is 1. The first kappa shape index (κ1) is 13.1. The van der Waals surface area contributed by atoms with E-state index in [-0.39, 0.29) is 18.2 Å². The molecule has 19 heavy (non-hydrogen) atoms. The van der Waals surface area contributed by atoms with Gasteiger partial charge < -0.3 is 10.4 Å². The van der Waals surface area contributed by atoms with Gasteiger partial charge in [-0.1, -0.05) is 30.3 Å². The molecule has 0 saturated heterocycles. The molecule has 98 valence electrons. The highest BCUT2D eigenvalue weighted by Crippen LogP contribution is 2.00. The maximum atomic E-state index is 11.7. The van der Waals surface area contributed by atoms with Gasteiger partial charge in [0.25, 0.3) is 5.91 Å². The van der Waals surface area contributed by atoms with E-state index in [4.69, 9.17) is 0 Å². The lowest BCUT2D eigenvalue weighted by Gasteiger charge is -2.03. The van der Waals surface area contributed by atoms with E-state index < -0.39 is 0 Å². The lowest BCUT2D eigenvalue weighted by atomic mass is 10.1. The van der Waals surface area contributed by atoms with Crippen molar-refractivity contribution in [2.24, 2.45) is 0 Å². The van der Waals surface area contributed by atoms with E-state index in [9.17, 15) is 9.90 Å². The molecule has 0 atom stereocenters. The summed E-state index contributed by atoms with van der Waals surface area (Å²) in [5.74, 6) is 0.0890. The number of hydrogen-bond donors (Lipinski definition) is 2. The van der Waals surface area contributed by atoms with Gasteiger partial charge in [-0.25, -0.2) is 0 Å². The average Bonchev–Trinajstić information content (AvgIpc) is 2.40. The van der Waals surface area contributed by atoms with Crippen molar-refractivity contribution in [3.8, 4) is 5.75 Å². The molecule has 0 aliphatic rings. The molecule has 1 aromatic heterocycles. The van der Waals surface area contributed by atoms with E-state index >= 15 is 0 Å². The van der Waals surface area contributed by atoms with Crippen LogP contribution in [0.5, 0.6) is 5.75 Å². The standard InChI is InChI=1S/C15H16N2O2/c18-14-7-4-10-17(11-14)12-15(19)16-9-8-13-5-2-1-3-6-13/h1-7,10-11H,8-9,12H2,(H-,16,18,19)/p+1. The summed E-state index contributed by atoms with van der Waals surface area (Å²) >= 11 is 0. The van der Waals surface area contributed by atoms with Crippen molar-refractivity contribution in [1.29, 1.82) is 0 Å². The van der Waals surface area contributed by atoms with Gasteiger partial charge in [-0.05, 0) is 18.1 Å². The summed E-state index contributed by atoms with van der Waals surface area (Å²) in [5.41, 5.74) is 1.20. The molecule has 1 aromatic carbocycles. The van der Waals surface area contributed by atoms with Crippen LogP contribution in [-0.4, -0.2) is 17.6 Å². The van der Waals surface area contributed by atoms with Crippen molar-refractivity contribution >= 4 is 5.91 Å². The zero-order valence-electron chi connectivity index (χ0n) is 10.6. The second-order valence-corrected chi connectivity index (χ2v) is 4.32. The van der Waals surface area contributed by atoms with E-state index in [1.807, 2.05) is 30.3 Å². The van der Waals surface area contributed by atoms with Crippen LogP contribution >= 0.6 is 0 Å². The summed E-state index contributed by atoms with van der Waals surface area (Å²) in [7, 11) is 0. The maximum Gasteiger partial charge on any atom is 0.286 e. The van der Waals surface area contributed by atoms with Gasteiger partial charge in [-0.15, -0.1) is 0 Å². The molecule has 0 spiro atoms. The predicted octanol–water partition coefficient (Wildman–Crippen LogP) is 1.04. The third-order valence-corrected chi connectivity index (χ3v) is 2.75. The number of nitrogens with one attached hydrogen (secondary N) is 1. The largest absolute Gasteiger partial charge is 0.503 e. The van der Waals surface area contributed by atoms with Crippen LogP contribution in [0, 0.1) is 0 Å². The van der Waals surface area contributed by atoms with Gasteiger partial charge in [0.1, 0.15) is 0 Å². The summed E-state index contributed by atoms with van der Waals surface area (Å²) in [6.07, 6.45) is 4.09. The van der Waals surface area contributed by atoms with Crippen LogP contribution in [0.15, 0.2) is 54.9 Å². The molecule has 2 N–H and O–H groups in total. The second-order valence-electron chi connectivity index (χ2n) is 4.32. The Hall–Kier alpha value is -2.36. The van der Waals surface area contributed by atoms with Crippen LogP contribution in [0.25, 0.3) is 0 Å². The molecular formula is C15H17N2O2+. The Kier molecular flexibility index (Phi) is 4.50. The lowest BCUT2D eigenvalue weighted by molar-refractivity contribution is -0.684. The van der Waals surface area contributed by atoms with Crippen LogP contribution in [0.2, 0.25) is 0 Å². The fourth-order valence-electron chi connectivity index (χ4n) is 1.82. The average molecular weight is 257 g/mol. The first-order valence-corrected chi connectivity index (χ1v) is 6.23. The first-order chi connectivity index (χ1) is 9.24. The molecule has 2 rings (SSSR count). The van der Waals surface area contributed by atoms with Crippen LogP contribution in [-0.2, 0) is 17.8 Å². The fourth-order valence-corrected chi connectivity index (χ4v) is 1.82. The third-order valence-electron chi connectivity index (χ3n) is 2.75. The van der Waals surface area contributed by atoms with Crippen molar-refractivity contribution in [2.45, 2.75) is 13.0 Å². The summed E-state index contributed by atoms with van der Waals surface area (Å²) in [6, 6.07) is 13.3. The molecule has 1 amide bonds. The minimum absolute atomic E-state index is 0.0634. The Morgan fingerprint density at radius 1 is 1.16 bits per heavy atom. The van der Waals surface area contributed by atoms with Gasteiger partial charge in [0.15, 0.2) is 11.9 Å². The molecule has 2 aromatic rings. The topological polar surface area (TPSA) is 53.2 Å². The quantitative estimate of drug-likeness (QED) is 0.786. The molecule has 0 aliphatic heterocycles. The van der Waals surface area contributed by atoms with Crippen LogP contribution in [0.3, 0.4) is 0 Å². The Bertz CT molecular complexity index is 541. The Labute approximate surface area is 112 Å². The molecule has 0 unspecified atom stereocenters. The number of benzene rings is 1. The molecule has 0 saturated carbocycles. The molecule has 0 bridgehead atoms. The highest BCUT2D eigenvalue weighted by molar-refractivity contribution is 5.74. The fraction of sp³-hybridized carbons (Fsp3) is 0.200. The van der Waals surface area contributed by atoms with E-state index in [0.29, 0.717) is 6.54 Å². The SMILES string of the molecule is O=C(C[n+]1cccc(O)c1)NCCc1ccccc1. The van der Waals surface area contributed by atoms with Crippen molar-refractivity contribution in [2.75, 3.05) is 6.54 Å². The predicted molar refractivity (Wildman–Crippen MR) is 71.5 cm³/mol. The molecular weight excluding hydrogens is 240 g/mol. The number of aromatic hydroxyl groups is 1. The number of carbonyl (C=O) groups excluding carboxylic acids is 1. The summed E-state index contributed by atoms with van der Waals surface area (Å²) < 4.78 is 1.65. The summed E-state index contributed by atoms with van der Waals surface area (Å²) in [6.45, 7) is 0.825. The summed E-state index contributed by atoms with van der Waals surface area (Å²) in [4.78, 5) is 11.7. The minimum atomic E-state index is -0.0634. The lowest BCUT2D eigenvalue weighted by Crippen LogP contribution is -2.42. The van der Waals surface area contributed by atoms with Crippen LogP contribution in [0.4, 0.5) is 0 Å². The van der Waals surface area contributed by atoms with Gasteiger partial charge in [0, 0.05) is 12.6 Å². The first-order valence-electron chi connectivity index (χ1n) is 6.23. The number of hydrogen-bond acceptors (Lipinski definition) is 2. The zero-order valence-corrected chi connectivity index (χ0v) is 10.6. The molecule has 4 heteroatoms. The van der Waals surface area contributed by atoms with E-state index in [1.165, 1.54) is 11.8 Å². The molecule has 4 nitrogen and oxygen atoms in total. The normalized spacial score (nSPS) is 10.1. The molecule has 0 radical (unpaired) electrons. The Balaban J connectivity index is 1.76. The van der Waals surface area contributed by atoms with E-state index in [1.54, 1.807) is 22.9 Å². The molecule has 0 aliphatic carbocycles. The molecule has 0 fully saturated rings. The van der Waals surface area contributed by atoms with E-state index in [0.717, 1.165) is 6.42 Å². The monoisotopic (exact) mass is 257 g/mol. The Morgan fingerprint density at radius 3 is 2.68 bits per heavy atom. The number of aromatic nitrogens is 1. The van der Waals surface area contributed by atoms with Crippen molar-refractivity contribution in [1.82, 2.24) is 5.32 Å². The van der Waals surface area contributed by atoms with Crippen molar-refractivity contribution < 1.29 is 14.5 Å². The number of nitrogens with zero attached hydrogens (tertiary/aromatic N) is 1. The minimum Gasteiger partial charge on any atom is -0.503 e. The number of amides is 1.